The summed E-state index contributed by atoms with van der Waals surface area (Å²) in [6.07, 6.45) is 3.49. The standard InChI is InChI=1S/C6H5Cl2NS/c1-10-6-2-4(7)5(8)3-9-6/h2-3H,1H3. The summed E-state index contributed by atoms with van der Waals surface area (Å²) in [7, 11) is 0. The second-order valence-electron chi connectivity index (χ2n) is 1.64. The smallest absolute Gasteiger partial charge is 0.0973 e. The van der Waals surface area contributed by atoms with Crippen molar-refractivity contribution >= 4 is 35.0 Å². The van der Waals surface area contributed by atoms with Crippen LogP contribution in [-0.4, -0.2) is 11.2 Å². The van der Waals surface area contributed by atoms with Crippen molar-refractivity contribution in [2.75, 3.05) is 6.26 Å². The summed E-state index contributed by atoms with van der Waals surface area (Å²) >= 11 is 12.9. The van der Waals surface area contributed by atoms with Crippen LogP contribution in [0.2, 0.25) is 10.0 Å². The molecule has 0 N–H and O–H groups in total. The normalized spacial score (nSPS) is 9.90. The van der Waals surface area contributed by atoms with Crippen LogP contribution in [0.4, 0.5) is 0 Å². The van der Waals surface area contributed by atoms with Gasteiger partial charge in [0.2, 0.25) is 0 Å². The molecule has 1 aromatic rings. The average Bonchev–Trinajstić information content (AvgIpc) is 1.95. The number of hydrogen-bond acceptors (Lipinski definition) is 2. The number of rotatable bonds is 1. The predicted molar refractivity (Wildman–Crippen MR) is 46.0 cm³/mol. The Balaban J connectivity index is 3.04. The monoisotopic (exact) mass is 193 g/mol. The first-order valence-corrected chi connectivity index (χ1v) is 4.57. The van der Waals surface area contributed by atoms with Crippen LogP contribution in [-0.2, 0) is 0 Å². The molecule has 54 valence electrons. The fraction of sp³-hybridized carbons (Fsp3) is 0.167. The molecule has 0 unspecified atom stereocenters. The van der Waals surface area contributed by atoms with E-state index < -0.39 is 0 Å². The van der Waals surface area contributed by atoms with Crippen LogP contribution in [0.15, 0.2) is 17.3 Å². The molecule has 0 aromatic carbocycles. The first kappa shape index (κ1) is 8.18. The van der Waals surface area contributed by atoms with Crippen LogP contribution in [0.1, 0.15) is 0 Å². The highest BCUT2D eigenvalue weighted by atomic mass is 35.5. The number of nitrogens with zero attached hydrogens (tertiary/aromatic N) is 1. The Bertz CT molecular complexity index is 239. The number of thioether (sulfide) groups is 1. The van der Waals surface area contributed by atoms with Gasteiger partial charge in [-0.05, 0) is 12.3 Å². The molecule has 0 bridgehead atoms. The zero-order valence-corrected chi connectivity index (χ0v) is 7.59. The van der Waals surface area contributed by atoms with E-state index in [0.717, 1.165) is 5.03 Å². The van der Waals surface area contributed by atoms with Crippen molar-refractivity contribution in [1.82, 2.24) is 4.98 Å². The Morgan fingerprint density at radius 2 is 2.10 bits per heavy atom. The molecule has 1 aromatic heterocycles. The van der Waals surface area contributed by atoms with Gasteiger partial charge in [-0.3, -0.25) is 0 Å². The highest BCUT2D eigenvalue weighted by Crippen LogP contribution is 2.24. The molecule has 0 atom stereocenters. The molecule has 1 heterocycles. The molecule has 0 aliphatic heterocycles. The van der Waals surface area contributed by atoms with E-state index >= 15 is 0 Å². The lowest BCUT2D eigenvalue weighted by Crippen LogP contribution is -1.77. The van der Waals surface area contributed by atoms with E-state index in [2.05, 4.69) is 4.98 Å². The molecular formula is C6H5Cl2NS. The van der Waals surface area contributed by atoms with E-state index in [1.807, 2.05) is 6.26 Å². The first-order valence-electron chi connectivity index (χ1n) is 2.59. The average molecular weight is 194 g/mol. The van der Waals surface area contributed by atoms with Crippen LogP contribution in [0.3, 0.4) is 0 Å². The molecule has 0 aliphatic rings. The van der Waals surface area contributed by atoms with Gasteiger partial charge in [0, 0.05) is 6.20 Å². The maximum Gasteiger partial charge on any atom is 0.0973 e. The van der Waals surface area contributed by atoms with E-state index in [9.17, 15) is 0 Å². The predicted octanol–water partition coefficient (Wildman–Crippen LogP) is 3.11. The van der Waals surface area contributed by atoms with Gasteiger partial charge < -0.3 is 0 Å². The van der Waals surface area contributed by atoms with Gasteiger partial charge in [-0.25, -0.2) is 4.98 Å². The molecule has 1 rings (SSSR count). The van der Waals surface area contributed by atoms with Gasteiger partial charge in [-0.15, -0.1) is 11.8 Å². The fourth-order valence-corrected chi connectivity index (χ4v) is 1.22. The molecule has 4 heteroatoms. The quantitative estimate of drug-likeness (QED) is 0.637. The van der Waals surface area contributed by atoms with Crippen LogP contribution in [0.25, 0.3) is 0 Å². The lowest BCUT2D eigenvalue weighted by Gasteiger charge is -1.96. The van der Waals surface area contributed by atoms with Crippen molar-refractivity contribution in [3.63, 3.8) is 0 Å². The Hall–Kier alpha value is 0.0800. The maximum atomic E-state index is 5.71. The largest absolute Gasteiger partial charge is 0.248 e. The minimum atomic E-state index is 0.500. The van der Waals surface area contributed by atoms with Crippen molar-refractivity contribution in [2.24, 2.45) is 0 Å². The summed E-state index contributed by atoms with van der Waals surface area (Å²) in [5, 5.41) is 1.94. The number of hydrogen-bond donors (Lipinski definition) is 0. The third-order valence-corrected chi connectivity index (χ3v) is 2.34. The summed E-state index contributed by atoms with van der Waals surface area (Å²) in [5.41, 5.74) is 0. The van der Waals surface area contributed by atoms with Crippen molar-refractivity contribution in [3.05, 3.63) is 22.3 Å². The summed E-state index contributed by atoms with van der Waals surface area (Å²) < 4.78 is 0. The first-order chi connectivity index (χ1) is 4.74. The van der Waals surface area contributed by atoms with Crippen LogP contribution in [0, 0.1) is 0 Å². The van der Waals surface area contributed by atoms with Gasteiger partial charge in [0.1, 0.15) is 0 Å². The van der Waals surface area contributed by atoms with Crippen molar-refractivity contribution in [1.29, 1.82) is 0 Å². The van der Waals surface area contributed by atoms with E-state index in [1.165, 1.54) is 11.8 Å². The molecule has 0 radical (unpaired) electrons. The van der Waals surface area contributed by atoms with Gasteiger partial charge in [-0.1, -0.05) is 23.2 Å². The Morgan fingerprint density at radius 1 is 1.40 bits per heavy atom. The highest BCUT2D eigenvalue weighted by molar-refractivity contribution is 7.98. The molecule has 0 fully saturated rings. The highest BCUT2D eigenvalue weighted by Gasteiger charge is 1.97. The van der Waals surface area contributed by atoms with Crippen LogP contribution < -0.4 is 0 Å². The van der Waals surface area contributed by atoms with E-state index in [1.54, 1.807) is 12.3 Å². The molecule has 0 aliphatic carbocycles. The van der Waals surface area contributed by atoms with Gasteiger partial charge in [-0.2, -0.15) is 0 Å². The summed E-state index contributed by atoms with van der Waals surface area (Å²) in [5.74, 6) is 0. The minimum absolute atomic E-state index is 0.500. The topological polar surface area (TPSA) is 12.9 Å². The zero-order valence-electron chi connectivity index (χ0n) is 5.27. The molecule has 10 heavy (non-hydrogen) atoms. The summed E-state index contributed by atoms with van der Waals surface area (Å²) in [6, 6.07) is 1.74. The molecular weight excluding hydrogens is 189 g/mol. The van der Waals surface area contributed by atoms with E-state index in [4.69, 9.17) is 23.2 Å². The van der Waals surface area contributed by atoms with Crippen molar-refractivity contribution < 1.29 is 0 Å². The summed E-state index contributed by atoms with van der Waals surface area (Å²) in [6.45, 7) is 0. The molecule has 1 nitrogen and oxygen atoms in total. The summed E-state index contributed by atoms with van der Waals surface area (Å²) in [4.78, 5) is 4.00. The van der Waals surface area contributed by atoms with Gasteiger partial charge in [0.15, 0.2) is 0 Å². The Morgan fingerprint density at radius 3 is 2.60 bits per heavy atom. The number of halogens is 2. The third kappa shape index (κ3) is 1.78. The zero-order chi connectivity index (χ0) is 7.56. The molecule has 0 amide bonds. The van der Waals surface area contributed by atoms with Gasteiger partial charge >= 0.3 is 0 Å². The maximum absolute atomic E-state index is 5.71. The minimum Gasteiger partial charge on any atom is -0.248 e. The second-order valence-corrected chi connectivity index (χ2v) is 3.28. The van der Waals surface area contributed by atoms with Gasteiger partial charge in [0.25, 0.3) is 0 Å². The fourth-order valence-electron chi connectivity index (χ4n) is 0.508. The number of aromatic nitrogens is 1. The Kier molecular flexibility index (Phi) is 2.83. The lowest BCUT2D eigenvalue weighted by molar-refractivity contribution is 1.14. The van der Waals surface area contributed by atoms with E-state index in [0.29, 0.717) is 10.0 Å². The van der Waals surface area contributed by atoms with Crippen molar-refractivity contribution in [2.45, 2.75) is 5.03 Å². The third-order valence-electron chi connectivity index (χ3n) is 0.993. The van der Waals surface area contributed by atoms with Crippen molar-refractivity contribution in [3.8, 4) is 0 Å². The van der Waals surface area contributed by atoms with E-state index in [-0.39, 0.29) is 0 Å². The van der Waals surface area contributed by atoms with Crippen LogP contribution in [0.5, 0.6) is 0 Å². The van der Waals surface area contributed by atoms with Gasteiger partial charge in [0.05, 0.1) is 15.1 Å². The molecule has 0 spiro atoms. The van der Waals surface area contributed by atoms with Crippen LogP contribution >= 0.6 is 35.0 Å². The molecule has 0 saturated heterocycles. The number of pyridine rings is 1. The SMILES string of the molecule is CSc1cc(Cl)c(Cl)cn1. The Labute approximate surface area is 73.7 Å². The molecule has 0 saturated carbocycles. The lowest BCUT2D eigenvalue weighted by atomic mass is 10.5. The second kappa shape index (κ2) is 3.46.